The molecule has 1 nitrogen and oxygen atoms in total. The number of aryl methyl sites for hydroxylation is 1. The topological polar surface area (TPSA) is 9.23 Å². The molecule has 0 aliphatic carbocycles. The second-order valence-electron chi connectivity index (χ2n) is 3.87. The lowest BCUT2D eigenvalue weighted by molar-refractivity contribution is 0.432. The van der Waals surface area contributed by atoms with E-state index in [4.69, 9.17) is 16.3 Å². The SMILES string of the molecule is Cc1ccc(F)cc1Oc1c(F)cccc1CCl. The molecule has 0 aliphatic heterocycles. The number of hydrogen-bond acceptors (Lipinski definition) is 1. The van der Waals surface area contributed by atoms with E-state index in [1.54, 1.807) is 25.1 Å². The van der Waals surface area contributed by atoms with Crippen molar-refractivity contribution < 1.29 is 13.5 Å². The van der Waals surface area contributed by atoms with Crippen molar-refractivity contribution in [2.24, 2.45) is 0 Å². The van der Waals surface area contributed by atoms with E-state index in [1.807, 2.05) is 0 Å². The van der Waals surface area contributed by atoms with Crippen LogP contribution in [0.1, 0.15) is 11.1 Å². The van der Waals surface area contributed by atoms with Crippen LogP contribution >= 0.6 is 11.6 Å². The molecule has 0 heterocycles. The summed E-state index contributed by atoms with van der Waals surface area (Å²) in [5.41, 5.74) is 1.25. The first kappa shape index (κ1) is 12.8. The maximum absolute atomic E-state index is 13.7. The van der Waals surface area contributed by atoms with Gasteiger partial charge in [-0.25, -0.2) is 8.78 Å². The predicted octanol–water partition coefficient (Wildman–Crippen LogP) is 4.80. The number of rotatable bonds is 3. The number of hydrogen-bond donors (Lipinski definition) is 0. The van der Waals surface area contributed by atoms with E-state index in [0.29, 0.717) is 5.56 Å². The monoisotopic (exact) mass is 268 g/mol. The third-order valence-electron chi connectivity index (χ3n) is 2.55. The van der Waals surface area contributed by atoms with Crippen LogP contribution in [0.5, 0.6) is 11.5 Å². The molecule has 2 aromatic rings. The molecule has 0 atom stereocenters. The molecule has 0 amide bonds. The summed E-state index contributed by atoms with van der Waals surface area (Å²) in [7, 11) is 0. The van der Waals surface area contributed by atoms with Gasteiger partial charge in [0.1, 0.15) is 11.6 Å². The average molecular weight is 269 g/mol. The summed E-state index contributed by atoms with van der Waals surface area (Å²) >= 11 is 5.72. The number of alkyl halides is 1. The highest BCUT2D eigenvalue weighted by atomic mass is 35.5. The fraction of sp³-hybridized carbons (Fsp3) is 0.143. The zero-order valence-corrected chi connectivity index (χ0v) is 10.5. The fourth-order valence-corrected chi connectivity index (χ4v) is 1.78. The van der Waals surface area contributed by atoms with Crippen LogP contribution < -0.4 is 4.74 Å². The quantitative estimate of drug-likeness (QED) is 0.726. The minimum Gasteiger partial charge on any atom is -0.454 e. The highest BCUT2D eigenvalue weighted by molar-refractivity contribution is 6.17. The molecule has 4 heteroatoms. The summed E-state index contributed by atoms with van der Waals surface area (Å²) in [6.45, 7) is 1.76. The lowest BCUT2D eigenvalue weighted by atomic mass is 10.2. The van der Waals surface area contributed by atoms with Gasteiger partial charge >= 0.3 is 0 Å². The Bertz CT molecular complexity index is 570. The molecule has 0 spiro atoms. The van der Waals surface area contributed by atoms with Gasteiger partial charge in [0.15, 0.2) is 11.6 Å². The molecule has 0 saturated heterocycles. The van der Waals surface area contributed by atoms with Gasteiger partial charge < -0.3 is 4.74 Å². The summed E-state index contributed by atoms with van der Waals surface area (Å²) in [4.78, 5) is 0. The Labute approximate surface area is 109 Å². The molecule has 2 rings (SSSR count). The maximum Gasteiger partial charge on any atom is 0.167 e. The summed E-state index contributed by atoms with van der Waals surface area (Å²) in [5, 5.41) is 0. The molecule has 94 valence electrons. The van der Waals surface area contributed by atoms with Crippen molar-refractivity contribution in [3.63, 3.8) is 0 Å². The Morgan fingerprint density at radius 1 is 1.17 bits per heavy atom. The average Bonchev–Trinajstić information content (AvgIpc) is 2.36. The molecular weight excluding hydrogens is 258 g/mol. The van der Waals surface area contributed by atoms with Crippen LogP contribution in [0, 0.1) is 18.6 Å². The molecule has 0 aromatic heterocycles. The summed E-state index contributed by atoms with van der Waals surface area (Å²) in [6, 6.07) is 8.62. The summed E-state index contributed by atoms with van der Waals surface area (Å²) < 4.78 is 32.3. The van der Waals surface area contributed by atoms with Crippen molar-refractivity contribution in [1.82, 2.24) is 0 Å². The number of para-hydroxylation sites is 1. The van der Waals surface area contributed by atoms with Crippen molar-refractivity contribution in [1.29, 1.82) is 0 Å². The van der Waals surface area contributed by atoms with Crippen LogP contribution in [0.25, 0.3) is 0 Å². The Kier molecular flexibility index (Phi) is 3.82. The lowest BCUT2D eigenvalue weighted by Gasteiger charge is -2.12. The van der Waals surface area contributed by atoms with Gasteiger partial charge in [-0.15, -0.1) is 11.6 Å². The van der Waals surface area contributed by atoms with Gasteiger partial charge in [-0.2, -0.15) is 0 Å². The highest BCUT2D eigenvalue weighted by Crippen LogP contribution is 2.31. The minimum atomic E-state index is -0.517. The zero-order valence-electron chi connectivity index (χ0n) is 9.71. The Hall–Kier alpha value is -1.61. The molecule has 2 aromatic carbocycles. The third kappa shape index (κ3) is 2.62. The molecule has 0 saturated carbocycles. The van der Waals surface area contributed by atoms with Crippen LogP contribution in [-0.4, -0.2) is 0 Å². The standard InChI is InChI=1S/C14H11ClF2O/c1-9-5-6-11(16)7-13(9)18-14-10(8-15)3-2-4-12(14)17/h2-7H,8H2,1H3. The maximum atomic E-state index is 13.7. The van der Waals surface area contributed by atoms with Crippen LogP contribution in [0.15, 0.2) is 36.4 Å². The van der Waals surface area contributed by atoms with Crippen LogP contribution in [0.3, 0.4) is 0 Å². The van der Waals surface area contributed by atoms with E-state index < -0.39 is 11.6 Å². The third-order valence-corrected chi connectivity index (χ3v) is 2.84. The summed E-state index contributed by atoms with van der Waals surface area (Å²) in [6.07, 6.45) is 0. The molecule has 0 bridgehead atoms. The molecule has 0 radical (unpaired) electrons. The van der Waals surface area contributed by atoms with E-state index in [1.165, 1.54) is 18.2 Å². The molecule has 0 aliphatic rings. The van der Waals surface area contributed by atoms with Crippen molar-refractivity contribution in [3.05, 3.63) is 59.2 Å². The predicted molar refractivity (Wildman–Crippen MR) is 67.2 cm³/mol. The van der Waals surface area contributed by atoms with Gasteiger partial charge in [-0.05, 0) is 24.6 Å². The van der Waals surface area contributed by atoms with Crippen molar-refractivity contribution >= 4 is 11.6 Å². The molecule has 18 heavy (non-hydrogen) atoms. The lowest BCUT2D eigenvalue weighted by Crippen LogP contribution is -1.95. The normalized spacial score (nSPS) is 10.4. The number of halogens is 3. The van der Waals surface area contributed by atoms with E-state index in [2.05, 4.69) is 0 Å². The van der Waals surface area contributed by atoms with Crippen molar-refractivity contribution in [2.45, 2.75) is 12.8 Å². The second kappa shape index (κ2) is 5.36. The van der Waals surface area contributed by atoms with E-state index in [0.717, 1.165) is 5.56 Å². The van der Waals surface area contributed by atoms with Crippen molar-refractivity contribution in [3.8, 4) is 11.5 Å². The first-order valence-corrected chi connectivity index (χ1v) is 5.92. The molecule has 0 N–H and O–H groups in total. The van der Waals surface area contributed by atoms with Crippen LogP contribution in [0.4, 0.5) is 8.78 Å². The van der Waals surface area contributed by atoms with Crippen LogP contribution in [0.2, 0.25) is 0 Å². The van der Waals surface area contributed by atoms with Gasteiger partial charge in [-0.3, -0.25) is 0 Å². The first-order chi connectivity index (χ1) is 8.61. The van der Waals surface area contributed by atoms with E-state index in [-0.39, 0.29) is 17.4 Å². The van der Waals surface area contributed by atoms with Crippen molar-refractivity contribution in [2.75, 3.05) is 0 Å². The zero-order chi connectivity index (χ0) is 13.1. The van der Waals surface area contributed by atoms with E-state index >= 15 is 0 Å². The fourth-order valence-electron chi connectivity index (χ4n) is 1.57. The van der Waals surface area contributed by atoms with E-state index in [9.17, 15) is 8.78 Å². The van der Waals surface area contributed by atoms with Gasteiger partial charge in [0.05, 0.1) is 5.88 Å². The Morgan fingerprint density at radius 3 is 2.67 bits per heavy atom. The number of benzene rings is 2. The molecular formula is C14H11ClF2O. The second-order valence-corrected chi connectivity index (χ2v) is 4.14. The molecule has 0 fully saturated rings. The van der Waals surface area contributed by atoms with Crippen LogP contribution in [-0.2, 0) is 5.88 Å². The van der Waals surface area contributed by atoms with Gasteiger partial charge in [0.25, 0.3) is 0 Å². The van der Waals surface area contributed by atoms with Gasteiger partial charge in [0.2, 0.25) is 0 Å². The van der Waals surface area contributed by atoms with Gasteiger partial charge in [-0.1, -0.05) is 18.2 Å². The Balaban J connectivity index is 2.42. The Morgan fingerprint density at radius 2 is 1.94 bits per heavy atom. The largest absolute Gasteiger partial charge is 0.454 e. The molecule has 0 unspecified atom stereocenters. The van der Waals surface area contributed by atoms with Gasteiger partial charge in [0, 0.05) is 11.6 Å². The minimum absolute atomic E-state index is 0.0428. The number of ether oxygens (including phenoxy) is 1. The highest BCUT2D eigenvalue weighted by Gasteiger charge is 2.12. The first-order valence-electron chi connectivity index (χ1n) is 5.39. The summed E-state index contributed by atoms with van der Waals surface area (Å²) in [5.74, 6) is -0.495. The smallest absolute Gasteiger partial charge is 0.167 e.